The molecule has 1 fully saturated rings. The zero-order valence-electron chi connectivity index (χ0n) is 12.4. The van der Waals surface area contributed by atoms with Crippen LogP contribution in [-0.2, 0) is 4.79 Å². The van der Waals surface area contributed by atoms with E-state index in [4.69, 9.17) is 0 Å². The monoisotopic (exact) mass is 255 g/mol. The van der Waals surface area contributed by atoms with Crippen molar-refractivity contribution in [3.8, 4) is 0 Å². The Bertz CT molecular complexity index is 270. The molecule has 1 atom stereocenters. The van der Waals surface area contributed by atoms with E-state index in [1.807, 2.05) is 0 Å². The smallest absolute Gasteiger partial charge is 0.305 e. The number of hydrogen-bond donors (Lipinski definition) is 1. The molecule has 3 heteroatoms. The van der Waals surface area contributed by atoms with Gasteiger partial charge in [0.25, 0.3) is 0 Å². The fourth-order valence-corrected chi connectivity index (χ4v) is 3.24. The molecule has 0 heterocycles. The van der Waals surface area contributed by atoms with Crippen LogP contribution < -0.4 is 0 Å². The van der Waals surface area contributed by atoms with Crippen molar-refractivity contribution in [2.45, 2.75) is 65.3 Å². The van der Waals surface area contributed by atoms with Gasteiger partial charge in [0.05, 0.1) is 6.42 Å². The number of carboxylic acids is 1. The van der Waals surface area contributed by atoms with E-state index in [0.717, 1.165) is 25.9 Å². The molecule has 1 aliphatic rings. The highest BCUT2D eigenvalue weighted by atomic mass is 16.4. The van der Waals surface area contributed by atoms with Crippen molar-refractivity contribution < 1.29 is 9.90 Å². The first-order valence-corrected chi connectivity index (χ1v) is 7.43. The summed E-state index contributed by atoms with van der Waals surface area (Å²) in [6.45, 7) is 10.7. The van der Waals surface area contributed by atoms with Crippen LogP contribution in [0.2, 0.25) is 0 Å². The predicted molar refractivity (Wildman–Crippen MR) is 74.7 cm³/mol. The molecule has 0 radical (unpaired) electrons. The van der Waals surface area contributed by atoms with Crippen molar-refractivity contribution in [2.24, 2.45) is 11.8 Å². The van der Waals surface area contributed by atoms with Gasteiger partial charge in [-0.3, -0.25) is 9.69 Å². The minimum atomic E-state index is -0.641. The van der Waals surface area contributed by atoms with Crippen molar-refractivity contribution in [2.75, 3.05) is 13.1 Å². The third-order valence-electron chi connectivity index (χ3n) is 4.34. The zero-order chi connectivity index (χ0) is 13.8. The third-order valence-corrected chi connectivity index (χ3v) is 4.34. The van der Waals surface area contributed by atoms with Crippen LogP contribution in [0, 0.1) is 11.8 Å². The molecule has 3 nitrogen and oxygen atoms in total. The van der Waals surface area contributed by atoms with Gasteiger partial charge in [-0.2, -0.15) is 0 Å². The summed E-state index contributed by atoms with van der Waals surface area (Å²) >= 11 is 0. The van der Waals surface area contributed by atoms with Crippen LogP contribution in [0.15, 0.2) is 0 Å². The van der Waals surface area contributed by atoms with Gasteiger partial charge in [-0.15, -0.1) is 0 Å². The first-order chi connectivity index (χ1) is 8.46. The molecule has 1 unspecified atom stereocenters. The summed E-state index contributed by atoms with van der Waals surface area (Å²) in [5, 5.41) is 9.30. The lowest BCUT2D eigenvalue weighted by molar-refractivity contribution is -0.141. The van der Waals surface area contributed by atoms with Gasteiger partial charge in [0, 0.05) is 5.54 Å². The van der Waals surface area contributed by atoms with E-state index in [-0.39, 0.29) is 5.54 Å². The molecule has 0 aromatic carbocycles. The Morgan fingerprint density at radius 3 is 2.22 bits per heavy atom. The van der Waals surface area contributed by atoms with E-state index < -0.39 is 5.97 Å². The molecule has 0 saturated heterocycles. The van der Waals surface area contributed by atoms with Gasteiger partial charge in [0.15, 0.2) is 0 Å². The van der Waals surface area contributed by atoms with Gasteiger partial charge in [-0.1, -0.05) is 27.7 Å². The lowest BCUT2D eigenvalue weighted by Gasteiger charge is -2.43. The number of rotatable bonds is 9. The van der Waals surface area contributed by atoms with E-state index in [2.05, 4.69) is 32.6 Å². The van der Waals surface area contributed by atoms with Gasteiger partial charge >= 0.3 is 5.97 Å². The molecule has 0 aromatic rings. The van der Waals surface area contributed by atoms with Gasteiger partial charge in [-0.05, 0) is 50.6 Å². The van der Waals surface area contributed by atoms with E-state index in [0.29, 0.717) is 18.3 Å². The average molecular weight is 255 g/mol. The molecule has 1 N–H and O–H groups in total. The Labute approximate surface area is 112 Å². The second kappa shape index (κ2) is 6.55. The fraction of sp³-hybridized carbons (Fsp3) is 0.933. The maximum absolute atomic E-state index is 11.3. The average Bonchev–Trinajstić information content (AvgIpc) is 3.10. The molecule has 0 bridgehead atoms. The van der Waals surface area contributed by atoms with E-state index in [1.165, 1.54) is 12.8 Å². The number of carboxylic acid groups (broad SMARTS) is 1. The molecule has 0 aromatic heterocycles. The SMILES string of the molecule is CCN(CC)C(CCC(C)C)(CC(=O)O)C1CC1. The number of nitrogens with zero attached hydrogens (tertiary/aromatic N) is 1. The molecule has 1 saturated carbocycles. The van der Waals surface area contributed by atoms with E-state index in [1.54, 1.807) is 0 Å². The number of aliphatic carboxylic acids is 1. The Morgan fingerprint density at radius 2 is 1.89 bits per heavy atom. The minimum absolute atomic E-state index is 0.0837. The topological polar surface area (TPSA) is 40.5 Å². The number of hydrogen-bond acceptors (Lipinski definition) is 2. The zero-order valence-corrected chi connectivity index (χ0v) is 12.4. The predicted octanol–water partition coefficient (Wildman–Crippen LogP) is 3.39. The normalized spacial score (nSPS) is 19.2. The quantitative estimate of drug-likeness (QED) is 0.686. The lowest BCUT2D eigenvalue weighted by Crippen LogP contribution is -2.52. The molecule has 106 valence electrons. The number of carbonyl (C=O) groups is 1. The first-order valence-electron chi connectivity index (χ1n) is 7.43. The van der Waals surface area contributed by atoms with Crippen molar-refractivity contribution in [1.82, 2.24) is 4.90 Å². The van der Waals surface area contributed by atoms with Gasteiger partial charge in [-0.25, -0.2) is 0 Å². The van der Waals surface area contributed by atoms with Crippen LogP contribution in [-0.4, -0.2) is 34.6 Å². The highest BCUT2D eigenvalue weighted by Gasteiger charge is 2.49. The first kappa shape index (κ1) is 15.5. The summed E-state index contributed by atoms with van der Waals surface area (Å²) in [7, 11) is 0. The molecule has 0 aliphatic heterocycles. The molecule has 1 rings (SSSR count). The standard InChI is InChI=1S/C15H29NO2/c1-5-16(6-2)15(11-14(17)18,13-7-8-13)10-9-12(3)4/h12-13H,5-11H2,1-4H3,(H,17,18). The summed E-state index contributed by atoms with van der Waals surface area (Å²) in [4.78, 5) is 13.7. The highest BCUT2D eigenvalue weighted by molar-refractivity contribution is 5.68. The minimum Gasteiger partial charge on any atom is -0.481 e. The van der Waals surface area contributed by atoms with Crippen LogP contribution in [0.25, 0.3) is 0 Å². The Morgan fingerprint density at radius 1 is 1.33 bits per heavy atom. The van der Waals surface area contributed by atoms with Gasteiger partial charge in [0.1, 0.15) is 0 Å². The largest absolute Gasteiger partial charge is 0.481 e. The van der Waals surface area contributed by atoms with Gasteiger partial charge < -0.3 is 5.11 Å². The molecule has 0 amide bonds. The van der Waals surface area contributed by atoms with Crippen molar-refractivity contribution in [3.05, 3.63) is 0 Å². The Kier molecular flexibility index (Phi) is 5.64. The van der Waals surface area contributed by atoms with Crippen LogP contribution in [0.3, 0.4) is 0 Å². The summed E-state index contributed by atoms with van der Waals surface area (Å²) < 4.78 is 0. The van der Waals surface area contributed by atoms with Crippen molar-refractivity contribution >= 4 is 5.97 Å². The molecular formula is C15H29NO2. The van der Waals surface area contributed by atoms with E-state index in [9.17, 15) is 9.90 Å². The second-order valence-electron chi connectivity index (χ2n) is 6.05. The maximum Gasteiger partial charge on any atom is 0.305 e. The molecule has 1 aliphatic carbocycles. The Balaban J connectivity index is 2.89. The fourth-order valence-electron chi connectivity index (χ4n) is 3.24. The maximum atomic E-state index is 11.3. The molecule has 18 heavy (non-hydrogen) atoms. The summed E-state index contributed by atoms with van der Waals surface area (Å²) in [6, 6.07) is 0. The van der Waals surface area contributed by atoms with Crippen molar-refractivity contribution in [3.63, 3.8) is 0 Å². The van der Waals surface area contributed by atoms with Gasteiger partial charge in [0.2, 0.25) is 0 Å². The summed E-state index contributed by atoms with van der Waals surface area (Å²) in [6.07, 6.45) is 4.89. The summed E-state index contributed by atoms with van der Waals surface area (Å²) in [5.41, 5.74) is -0.0837. The van der Waals surface area contributed by atoms with Crippen LogP contribution in [0.4, 0.5) is 0 Å². The van der Waals surface area contributed by atoms with Crippen LogP contribution in [0.5, 0.6) is 0 Å². The van der Waals surface area contributed by atoms with E-state index >= 15 is 0 Å². The Hall–Kier alpha value is -0.570. The third kappa shape index (κ3) is 3.71. The second-order valence-corrected chi connectivity index (χ2v) is 6.05. The van der Waals surface area contributed by atoms with Crippen LogP contribution >= 0.6 is 0 Å². The lowest BCUT2D eigenvalue weighted by atomic mass is 9.80. The van der Waals surface area contributed by atoms with Crippen LogP contribution in [0.1, 0.15) is 59.8 Å². The summed E-state index contributed by atoms with van der Waals surface area (Å²) in [5.74, 6) is 0.609. The highest BCUT2D eigenvalue weighted by Crippen LogP contribution is 2.48. The van der Waals surface area contributed by atoms with Crippen molar-refractivity contribution in [1.29, 1.82) is 0 Å². The molecular weight excluding hydrogens is 226 g/mol. The molecule has 0 spiro atoms.